The highest BCUT2D eigenvalue weighted by Crippen LogP contribution is 2.32. The molecule has 1 heterocycles. The fraction of sp³-hybridized carbons (Fsp3) is 0.0556. The van der Waals surface area contributed by atoms with E-state index in [1.165, 1.54) is 24.3 Å². The number of imide groups is 1. The molecule has 1 aliphatic heterocycles. The first-order chi connectivity index (χ1) is 12.4. The summed E-state index contributed by atoms with van der Waals surface area (Å²) in [5.74, 6) is -1.59. The normalized spacial score (nSPS) is 15.6. The van der Waals surface area contributed by atoms with Crippen LogP contribution in [-0.4, -0.2) is 28.5 Å². The summed E-state index contributed by atoms with van der Waals surface area (Å²) < 4.78 is 14.7. The summed E-state index contributed by atoms with van der Waals surface area (Å²) in [6.45, 7) is -0.398. The van der Waals surface area contributed by atoms with Gasteiger partial charge in [-0.25, -0.2) is 4.39 Å². The van der Waals surface area contributed by atoms with Crippen LogP contribution in [0, 0.1) is 9.39 Å². The Kier molecular flexibility index (Phi) is 5.72. The molecule has 1 N–H and O–H groups in total. The minimum Gasteiger partial charge on any atom is -0.325 e. The molecule has 3 amide bonds. The number of thioether (sulfide) groups is 1. The molecular formula is C18H12FIN2O3S. The number of carbonyl (C=O) groups excluding carboxylic acids is 3. The SMILES string of the molecule is O=C(CN1C(=O)S/C(=C/c2ccccc2F)C1=O)Nc1ccc(I)cc1. The van der Waals surface area contributed by atoms with E-state index < -0.39 is 29.4 Å². The highest BCUT2D eigenvalue weighted by Gasteiger charge is 2.36. The molecule has 0 aliphatic carbocycles. The molecule has 1 saturated heterocycles. The first kappa shape index (κ1) is 18.6. The van der Waals surface area contributed by atoms with Crippen molar-refractivity contribution >= 4 is 63.2 Å². The monoisotopic (exact) mass is 482 g/mol. The molecule has 0 radical (unpaired) electrons. The quantitative estimate of drug-likeness (QED) is 0.527. The average molecular weight is 482 g/mol. The number of anilines is 1. The highest BCUT2D eigenvalue weighted by atomic mass is 127. The second kappa shape index (κ2) is 8.00. The number of carbonyl (C=O) groups is 3. The third-order valence-corrected chi connectivity index (χ3v) is 5.12. The summed E-state index contributed by atoms with van der Waals surface area (Å²) in [6.07, 6.45) is 1.32. The minimum atomic E-state index is -0.610. The van der Waals surface area contributed by atoms with Gasteiger partial charge in [-0.2, -0.15) is 0 Å². The topological polar surface area (TPSA) is 66.5 Å². The Labute approximate surface area is 166 Å². The lowest BCUT2D eigenvalue weighted by atomic mass is 10.2. The second-order valence-electron chi connectivity index (χ2n) is 5.34. The smallest absolute Gasteiger partial charge is 0.294 e. The molecule has 0 bridgehead atoms. The van der Waals surface area contributed by atoms with Crippen LogP contribution in [-0.2, 0) is 9.59 Å². The lowest BCUT2D eigenvalue weighted by Crippen LogP contribution is -2.36. The van der Waals surface area contributed by atoms with Crippen molar-refractivity contribution in [1.29, 1.82) is 0 Å². The summed E-state index contributed by atoms with van der Waals surface area (Å²) in [7, 11) is 0. The van der Waals surface area contributed by atoms with E-state index >= 15 is 0 Å². The van der Waals surface area contributed by atoms with Crippen LogP contribution in [0.25, 0.3) is 6.08 Å². The predicted octanol–water partition coefficient (Wildman–Crippen LogP) is 4.11. The van der Waals surface area contributed by atoms with Gasteiger partial charge in [0.1, 0.15) is 12.4 Å². The van der Waals surface area contributed by atoms with Crippen LogP contribution in [0.3, 0.4) is 0 Å². The maximum atomic E-state index is 13.7. The summed E-state index contributed by atoms with van der Waals surface area (Å²) in [5.41, 5.74) is 0.783. The third kappa shape index (κ3) is 4.31. The molecule has 3 rings (SSSR count). The Morgan fingerprint density at radius 2 is 1.85 bits per heavy atom. The third-order valence-electron chi connectivity index (χ3n) is 3.50. The fourth-order valence-corrected chi connectivity index (χ4v) is 3.44. The van der Waals surface area contributed by atoms with E-state index in [0.29, 0.717) is 17.4 Å². The average Bonchev–Trinajstić information content (AvgIpc) is 2.86. The summed E-state index contributed by atoms with van der Waals surface area (Å²) in [6, 6.07) is 13.1. The number of nitrogens with zero attached hydrogens (tertiary/aromatic N) is 1. The van der Waals surface area contributed by atoms with Crippen molar-refractivity contribution in [2.45, 2.75) is 0 Å². The van der Waals surface area contributed by atoms with Gasteiger partial charge in [0, 0.05) is 14.8 Å². The van der Waals surface area contributed by atoms with Crippen LogP contribution in [0.5, 0.6) is 0 Å². The molecule has 0 aromatic heterocycles. The van der Waals surface area contributed by atoms with Gasteiger partial charge >= 0.3 is 0 Å². The molecule has 1 fully saturated rings. The standard InChI is InChI=1S/C18H12FIN2O3S/c19-14-4-2-1-3-11(14)9-15-17(24)22(18(25)26-15)10-16(23)21-13-7-5-12(20)6-8-13/h1-9H,10H2,(H,21,23)/b15-9+. The lowest BCUT2D eigenvalue weighted by Gasteiger charge is -2.12. The minimum absolute atomic E-state index is 0.0853. The molecule has 2 aromatic carbocycles. The van der Waals surface area contributed by atoms with Gasteiger partial charge in [0.05, 0.1) is 4.91 Å². The maximum absolute atomic E-state index is 13.7. The largest absolute Gasteiger partial charge is 0.325 e. The Morgan fingerprint density at radius 3 is 2.54 bits per heavy atom. The Morgan fingerprint density at radius 1 is 1.15 bits per heavy atom. The van der Waals surface area contributed by atoms with Gasteiger partial charge in [-0.3, -0.25) is 19.3 Å². The van der Waals surface area contributed by atoms with Crippen molar-refractivity contribution in [3.05, 3.63) is 68.4 Å². The molecule has 26 heavy (non-hydrogen) atoms. The van der Waals surface area contributed by atoms with Crippen molar-refractivity contribution in [2.75, 3.05) is 11.9 Å². The number of hydrogen-bond donors (Lipinski definition) is 1. The maximum Gasteiger partial charge on any atom is 0.294 e. The van der Waals surface area contributed by atoms with Crippen molar-refractivity contribution in [3.63, 3.8) is 0 Å². The predicted molar refractivity (Wildman–Crippen MR) is 107 cm³/mol. The number of benzene rings is 2. The van der Waals surface area contributed by atoms with Crippen LogP contribution in [0.15, 0.2) is 53.4 Å². The van der Waals surface area contributed by atoms with E-state index in [0.717, 1.165) is 8.47 Å². The Hall–Kier alpha value is -2.20. The number of halogens is 2. The number of hydrogen-bond acceptors (Lipinski definition) is 4. The van der Waals surface area contributed by atoms with Crippen molar-refractivity contribution < 1.29 is 18.8 Å². The zero-order valence-electron chi connectivity index (χ0n) is 13.2. The zero-order valence-corrected chi connectivity index (χ0v) is 16.2. The number of rotatable bonds is 4. The van der Waals surface area contributed by atoms with Gasteiger partial charge in [-0.1, -0.05) is 18.2 Å². The molecule has 1 aliphatic rings. The molecule has 0 atom stereocenters. The Bertz CT molecular complexity index is 915. The van der Waals surface area contributed by atoms with Gasteiger partial charge in [0.2, 0.25) is 5.91 Å². The van der Waals surface area contributed by atoms with Crippen LogP contribution >= 0.6 is 34.4 Å². The second-order valence-corrected chi connectivity index (χ2v) is 7.58. The van der Waals surface area contributed by atoms with E-state index in [1.807, 2.05) is 12.1 Å². The van der Waals surface area contributed by atoms with Gasteiger partial charge < -0.3 is 5.32 Å². The molecule has 0 spiro atoms. The van der Waals surface area contributed by atoms with Crippen LogP contribution < -0.4 is 5.32 Å². The summed E-state index contributed by atoms with van der Waals surface area (Å²) in [5, 5.41) is 2.07. The molecular weight excluding hydrogens is 470 g/mol. The van der Waals surface area contributed by atoms with Gasteiger partial charge in [0.15, 0.2) is 0 Å². The first-order valence-corrected chi connectivity index (χ1v) is 9.39. The van der Waals surface area contributed by atoms with E-state index in [4.69, 9.17) is 0 Å². The van der Waals surface area contributed by atoms with E-state index in [2.05, 4.69) is 27.9 Å². The first-order valence-electron chi connectivity index (χ1n) is 7.49. The molecule has 5 nitrogen and oxygen atoms in total. The zero-order chi connectivity index (χ0) is 18.7. The van der Waals surface area contributed by atoms with Crippen LogP contribution in [0.4, 0.5) is 14.9 Å². The van der Waals surface area contributed by atoms with E-state index in [-0.39, 0.29) is 10.5 Å². The molecule has 132 valence electrons. The molecule has 0 saturated carbocycles. The summed E-state index contributed by atoms with van der Waals surface area (Å²) in [4.78, 5) is 37.5. The highest BCUT2D eigenvalue weighted by molar-refractivity contribution is 14.1. The van der Waals surface area contributed by atoms with Crippen molar-refractivity contribution in [2.24, 2.45) is 0 Å². The van der Waals surface area contributed by atoms with E-state index in [1.54, 1.807) is 18.2 Å². The molecule has 8 heteroatoms. The van der Waals surface area contributed by atoms with Crippen molar-refractivity contribution in [1.82, 2.24) is 4.90 Å². The summed E-state index contributed by atoms with van der Waals surface area (Å²) >= 11 is 2.83. The Balaban J connectivity index is 1.70. The van der Waals surface area contributed by atoms with Gasteiger partial charge in [-0.05, 0) is 70.8 Å². The van der Waals surface area contributed by atoms with Crippen LogP contribution in [0.1, 0.15) is 5.56 Å². The fourth-order valence-electron chi connectivity index (χ4n) is 2.25. The van der Waals surface area contributed by atoms with E-state index in [9.17, 15) is 18.8 Å². The molecule has 0 unspecified atom stereocenters. The lowest BCUT2D eigenvalue weighted by molar-refractivity contribution is -0.127. The molecule has 2 aromatic rings. The van der Waals surface area contributed by atoms with Gasteiger partial charge in [-0.15, -0.1) is 0 Å². The van der Waals surface area contributed by atoms with Gasteiger partial charge in [0.25, 0.3) is 11.1 Å². The number of nitrogens with one attached hydrogen (secondary N) is 1. The number of amides is 3. The van der Waals surface area contributed by atoms with Crippen LogP contribution in [0.2, 0.25) is 0 Å². The van der Waals surface area contributed by atoms with Crippen molar-refractivity contribution in [3.8, 4) is 0 Å².